The molecule has 0 aliphatic carbocycles. The van der Waals surface area contributed by atoms with Crippen LogP contribution in [0.4, 0.5) is 13.2 Å². The number of alkyl halides is 3. The van der Waals surface area contributed by atoms with Gasteiger partial charge in [0.15, 0.2) is 0 Å². The van der Waals surface area contributed by atoms with Crippen LogP contribution in [0.2, 0.25) is 0 Å². The normalized spacial score (nSPS) is 17.2. The van der Waals surface area contributed by atoms with Crippen LogP contribution in [-0.2, 0) is 12.6 Å². The van der Waals surface area contributed by atoms with Crippen LogP contribution in [0.15, 0.2) is 24.3 Å². The van der Waals surface area contributed by atoms with Gasteiger partial charge in [-0.25, -0.2) is 0 Å². The van der Waals surface area contributed by atoms with Crippen LogP contribution in [0.5, 0.6) is 0 Å². The molecule has 0 radical (unpaired) electrons. The lowest BCUT2D eigenvalue weighted by Crippen LogP contribution is -2.07. The van der Waals surface area contributed by atoms with Gasteiger partial charge in [-0.3, -0.25) is 0 Å². The third-order valence-electron chi connectivity index (χ3n) is 1.69. The Balaban J connectivity index is -0.0000000325. The molecule has 1 nitrogen and oxygen atoms in total. The van der Waals surface area contributed by atoms with Crippen molar-refractivity contribution >= 4 is 0 Å². The van der Waals surface area contributed by atoms with Crippen molar-refractivity contribution in [2.45, 2.75) is 12.6 Å². The minimum Gasteiger partial charge on any atom is -0.330 e. The van der Waals surface area contributed by atoms with E-state index in [0.29, 0.717) is 18.5 Å². The Hall–Kier alpha value is -1.03. The summed E-state index contributed by atoms with van der Waals surface area (Å²) in [6.07, 6.45) is -3.78. The van der Waals surface area contributed by atoms with Crippen LogP contribution in [-0.4, -0.2) is 6.54 Å². The average Bonchev–Trinajstić information content (AvgIpc) is 2.90. The van der Waals surface area contributed by atoms with E-state index in [1.54, 1.807) is 6.07 Å². The Morgan fingerprint density at radius 1 is 1.38 bits per heavy atom. The van der Waals surface area contributed by atoms with Crippen molar-refractivity contribution in [3.05, 3.63) is 35.4 Å². The van der Waals surface area contributed by atoms with Gasteiger partial charge in [0.05, 0.1) is 5.56 Å². The summed E-state index contributed by atoms with van der Waals surface area (Å²) in [6, 6.07) is 5.22. The maximum Gasteiger partial charge on any atom is 0.416 e. The van der Waals surface area contributed by atoms with E-state index in [-0.39, 0.29) is 0 Å². The third kappa shape index (κ3) is 2.73. The van der Waals surface area contributed by atoms with Crippen LogP contribution in [0.3, 0.4) is 0 Å². The van der Waals surface area contributed by atoms with Crippen molar-refractivity contribution in [3.63, 3.8) is 0 Å². The summed E-state index contributed by atoms with van der Waals surface area (Å²) in [5.74, 6) is 0. The van der Waals surface area contributed by atoms with Crippen LogP contribution >= 0.6 is 0 Å². The van der Waals surface area contributed by atoms with Crippen molar-refractivity contribution in [2.75, 3.05) is 6.54 Å². The fraction of sp³-hybridized carbons (Fsp3) is 0.333. The largest absolute Gasteiger partial charge is 0.416 e. The zero-order valence-corrected chi connectivity index (χ0v) is 6.93. The highest BCUT2D eigenvalue weighted by Gasteiger charge is 2.30. The van der Waals surface area contributed by atoms with Gasteiger partial charge >= 0.3 is 6.18 Å². The number of halogens is 3. The van der Waals surface area contributed by atoms with Gasteiger partial charge in [-0.2, -0.15) is 13.2 Å². The van der Waals surface area contributed by atoms with E-state index in [0.717, 1.165) is 12.1 Å². The van der Waals surface area contributed by atoms with Gasteiger partial charge in [-0.15, -0.1) is 0 Å². The Morgan fingerprint density at radius 2 is 2.08 bits per heavy atom. The van der Waals surface area contributed by atoms with Gasteiger partial charge in [-0.05, 0) is 24.6 Å². The first-order valence-electron chi connectivity index (χ1n) is 12.9. The first-order valence-corrected chi connectivity index (χ1v) is 3.90. The summed E-state index contributed by atoms with van der Waals surface area (Å²) in [5.41, 5.74) is 5.25. The van der Waals surface area contributed by atoms with Crippen molar-refractivity contribution < 1.29 is 39.9 Å². The van der Waals surface area contributed by atoms with Crippen LogP contribution in [0, 0.1) is 0 Å². The van der Waals surface area contributed by atoms with Crippen LogP contribution in [0.1, 0.15) is 37.9 Å². The van der Waals surface area contributed by atoms with Gasteiger partial charge in [0.25, 0.3) is 0 Å². The quantitative estimate of drug-likeness (QED) is 0.792. The number of rotatable bonds is 2. The third-order valence-corrected chi connectivity index (χ3v) is 1.69. The molecule has 0 saturated heterocycles. The first kappa shape index (κ1) is 3.28. The molecule has 0 aromatic heterocycles. The van der Waals surface area contributed by atoms with E-state index in [1.807, 2.05) is 0 Å². The SMILES string of the molecule is NCCc1cccc(C(F)(F)F)c1.[2H][2H].[2H][2H].[2H][2H].[2H][2H].[2H][2H].[2H][2H].[2H][2H].[2H][2H].[2H][2H]. The summed E-state index contributed by atoms with van der Waals surface area (Å²) in [6.45, 7) is 0.362. The number of nitrogens with two attached hydrogens (primary N) is 1. The fourth-order valence-electron chi connectivity index (χ4n) is 1.07. The van der Waals surface area contributed by atoms with E-state index >= 15 is 0 Å². The standard InChI is InChI=1S/C9H10F3N.9H2/c10-9(11,12)8-3-1-2-7(6-8)4-5-13;;;;;;;;;/h1-3,6H,4-5,13H2;9*1H/i;9*1+1D. The Labute approximate surface area is 102 Å². The molecule has 0 unspecified atom stereocenters. The lowest BCUT2D eigenvalue weighted by atomic mass is 10.1. The average molecular weight is 225 g/mol. The Bertz CT molecular complexity index is 311. The molecule has 0 spiro atoms. The molecule has 2 N–H and O–H groups in total. The van der Waals surface area contributed by atoms with Crippen LogP contribution < -0.4 is 5.73 Å². The molecule has 13 heavy (non-hydrogen) atoms. The molecule has 0 heterocycles. The topological polar surface area (TPSA) is 26.0 Å². The molecule has 1 aromatic rings. The highest BCUT2D eigenvalue weighted by molar-refractivity contribution is 5.25. The second kappa shape index (κ2) is 3.79. The lowest BCUT2D eigenvalue weighted by molar-refractivity contribution is -0.137. The van der Waals surface area contributed by atoms with E-state index in [4.69, 9.17) is 32.5 Å². The predicted octanol–water partition coefficient (Wildman–Crippen LogP) is 4.42. The lowest BCUT2D eigenvalue weighted by Gasteiger charge is -2.07. The van der Waals surface area contributed by atoms with E-state index in [1.165, 1.54) is 6.07 Å². The molecule has 90 valence electrons. The molecule has 0 atom stereocenters. The highest BCUT2D eigenvalue weighted by Crippen LogP contribution is 2.29. The first-order chi connectivity index (χ1) is 15.0. The van der Waals surface area contributed by atoms with E-state index in [9.17, 15) is 13.2 Å². The minimum atomic E-state index is -4.26. The number of hydrogen-bond donors (Lipinski definition) is 1. The Morgan fingerprint density at radius 3 is 2.62 bits per heavy atom. The predicted molar refractivity (Wildman–Crippen MR) is 63.2 cm³/mol. The van der Waals surface area contributed by atoms with E-state index in [2.05, 4.69) is 0 Å². The number of hydrogen-bond acceptors (Lipinski definition) is 1. The molecular formula is C9H28F3N. The second-order valence-electron chi connectivity index (χ2n) is 2.74. The van der Waals surface area contributed by atoms with Gasteiger partial charge in [0.2, 0.25) is 0 Å². The summed E-state index contributed by atoms with van der Waals surface area (Å²) < 4.78 is 127. The van der Waals surface area contributed by atoms with Gasteiger partial charge in [0.1, 0.15) is 0 Å². The minimum absolute atomic E-state index is 0.362. The van der Waals surface area contributed by atoms with E-state index < -0.39 is 11.7 Å². The zero-order chi connectivity index (χ0) is 27.9. The summed E-state index contributed by atoms with van der Waals surface area (Å²) in [7, 11) is 0. The van der Waals surface area contributed by atoms with Gasteiger partial charge in [-0.1, -0.05) is 18.2 Å². The molecule has 0 bridgehead atoms. The molecule has 0 saturated carbocycles. The summed E-state index contributed by atoms with van der Waals surface area (Å²) in [5, 5.41) is 0. The van der Waals surface area contributed by atoms with Gasteiger partial charge in [0, 0.05) is 26.7 Å². The molecular weight excluding hydrogens is 179 g/mol. The zero-order valence-electron chi connectivity index (χ0n) is 24.9. The maximum absolute atomic E-state index is 12.2. The monoisotopic (exact) mass is 225 g/mol. The molecule has 0 amide bonds. The molecule has 0 fully saturated rings. The van der Waals surface area contributed by atoms with Crippen LogP contribution in [0.25, 0.3) is 0 Å². The number of benzene rings is 1. The smallest absolute Gasteiger partial charge is 0.330 e. The van der Waals surface area contributed by atoms with Crippen molar-refractivity contribution in [1.82, 2.24) is 0 Å². The Kier molecular flexibility index (Phi) is 0.954. The summed E-state index contributed by atoms with van der Waals surface area (Å²) in [4.78, 5) is 0. The van der Waals surface area contributed by atoms with Gasteiger partial charge < -0.3 is 5.73 Å². The van der Waals surface area contributed by atoms with Crippen molar-refractivity contribution in [3.8, 4) is 0 Å². The fourth-order valence-corrected chi connectivity index (χ4v) is 1.07. The molecule has 4 heteroatoms. The van der Waals surface area contributed by atoms with Crippen molar-refractivity contribution in [2.24, 2.45) is 5.73 Å². The molecule has 1 aromatic carbocycles. The molecule has 1 rings (SSSR count). The maximum atomic E-state index is 12.2. The highest BCUT2D eigenvalue weighted by atomic mass is 19.4. The second-order valence-corrected chi connectivity index (χ2v) is 2.74. The molecule has 0 aliphatic heterocycles. The summed E-state index contributed by atoms with van der Waals surface area (Å²) >= 11 is 0. The molecule has 0 aliphatic rings. The van der Waals surface area contributed by atoms with Crippen molar-refractivity contribution in [1.29, 1.82) is 0 Å².